The third kappa shape index (κ3) is 2.73. The van der Waals surface area contributed by atoms with Crippen molar-refractivity contribution >= 4 is 9.84 Å². The predicted octanol–water partition coefficient (Wildman–Crippen LogP) is 1.02. The van der Waals surface area contributed by atoms with E-state index >= 15 is 0 Å². The lowest BCUT2D eigenvalue weighted by Crippen LogP contribution is -2.52. The molecule has 0 bridgehead atoms. The number of rotatable bonds is 4. The molecule has 108 valence electrons. The quantitative estimate of drug-likeness (QED) is 0.642. The van der Waals surface area contributed by atoms with Gasteiger partial charge in [-0.1, -0.05) is 18.2 Å². The predicted molar refractivity (Wildman–Crippen MR) is 79.9 cm³/mol. The Morgan fingerprint density at radius 1 is 1.40 bits per heavy atom. The first-order valence-electron chi connectivity index (χ1n) is 6.73. The van der Waals surface area contributed by atoms with E-state index in [-0.39, 0.29) is 5.75 Å². The van der Waals surface area contributed by atoms with Gasteiger partial charge >= 0.3 is 0 Å². The Hall–Kier alpha value is -1.35. The molecular formula is C15H20N2O2S. The molecule has 1 heterocycles. The van der Waals surface area contributed by atoms with E-state index in [9.17, 15) is 8.42 Å². The van der Waals surface area contributed by atoms with Crippen molar-refractivity contribution in [1.29, 1.82) is 0 Å². The fourth-order valence-electron chi connectivity index (χ4n) is 2.64. The highest BCUT2D eigenvalue weighted by atomic mass is 32.2. The minimum absolute atomic E-state index is 0.133. The van der Waals surface area contributed by atoms with Gasteiger partial charge in [-0.25, -0.2) is 8.42 Å². The summed E-state index contributed by atoms with van der Waals surface area (Å²) in [4.78, 5) is 0.408. The summed E-state index contributed by atoms with van der Waals surface area (Å²) >= 11 is 0. The minimum Gasteiger partial charge on any atom is -0.328 e. The maximum absolute atomic E-state index is 12.2. The molecule has 0 amide bonds. The second-order valence-corrected chi connectivity index (χ2v) is 7.03. The summed E-state index contributed by atoms with van der Waals surface area (Å²) in [5.74, 6) is 5.98. The number of hydrogen-bond acceptors (Lipinski definition) is 4. The molecule has 0 saturated heterocycles. The highest BCUT2D eigenvalue weighted by Crippen LogP contribution is 2.36. The summed E-state index contributed by atoms with van der Waals surface area (Å²) in [5.41, 5.74) is 6.29. The molecule has 5 heteroatoms. The van der Waals surface area contributed by atoms with Crippen LogP contribution in [0.4, 0.5) is 0 Å². The molecule has 1 aromatic carbocycles. The molecule has 4 nitrogen and oxygen atoms in total. The Bertz CT molecular complexity index is 643. The van der Waals surface area contributed by atoms with Crippen LogP contribution in [-0.4, -0.2) is 27.3 Å². The highest BCUT2D eigenvalue weighted by Gasteiger charge is 2.40. The monoisotopic (exact) mass is 292 g/mol. The molecule has 1 aliphatic rings. The van der Waals surface area contributed by atoms with Gasteiger partial charge in [0.05, 0.1) is 16.2 Å². The van der Waals surface area contributed by atoms with Crippen LogP contribution in [0.15, 0.2) is 29.2 Å². The molecule has 2 rings (SSSR count). The fourth-order valence-corrected chi connectivity index (χ4v) is 4.36. The zero-order valence-corrected chi connectivity index (χ0v) is 12.5. The van der Waals surface area contributed by atoms with E-state index in [0.29, 0.717) is 24.4 Å². The van der Waals surface area contributed by atoms with Gasteiger partial charge in [-0.3, -0.25) is 0 Å². The Labute approximate surface area is 120 Å². The second kappa shape index (κ2) is 5.96. The average Bonchev–Trinajstić information content (AvgIpc) is 2.46. The maximum atomic E-state index is 12.2. The number of nitrogens with two attached hydrogens (primary N) is 1. The Morgan fingerprint density at radius 3 is 2.85 bits per heavy atom. The van der Waals surface area contributed by atoms with Crippen LogP contribution in [-0.2, 0) is 15.4 Å². The highest BCUT2D eigenvalue weighted by molar-refractivity contribution is 7.91. The lowest BCUT2D eigenvalue weighted by Gasteiger charge is -2.38. The fraction of sp³-hybridized carbons (Fsp3) is 0.467. The first-order chi connectivity index (χ1) is 9.56. The van der Waals surface area contributed by atoms with Crippen LogP contribution in [0, 0.1) is 11.8 Å². The smallest absolute Gasteiger partial charge is 0.178 e. The van der Waals surface area contributed by atoms with Crippen molar-refractivity contribution in [2.75, 3.05) is 18.8 Å². The van der Waals surface area contributed by atoms with Gasteiger partial charge in [0.15, 0.2) is 9.84 Å². The van der Waals surface area contributed by atoms with Gasteiger partial charge in [0.2, 0.25) is 0 Å². The number of nitrogens with one attached hydrogen (secondary N) is 1. The molecule has 3 N–H and O–H groups in total. The SMILES string of the molecule is CC#CCCNC1(CN)CCS(=O)(=O)c2ccccc21. The summed E-state index contributed by atoms with van der Waals surface area (Å²) in [5, 5.41) is 3.42. The van der Waals surface area contributed by atoms with Crippen molar-refractivity contribution in [3.63, 3.8) is 0 Å². The molecular weight excluding hydrogens is 272 g/mol. The number of hydrogen-bond donors (Lipinski definition) is 2. The third-order valence-corrected chi connectivity index (χ3v) is 5.54. The first-order valence-corrected chi connectivity index (χ1v) is 8.38. The molecule has 0 aliphatic carbocycles. The van der Waals surface area contributed by atoms with Gasteiger partial charge in [0.25, 0.3) is 0 Å². The molecule has 0 spiro atoms. The van der Waals surface area contributed by atoms with Crippen LogP contribution in [0.1, 0.15) is 25.3 Å². The van der Waals surface area contributed by atoms with Crippen LogP contribution in [0.2, 0.25) is 0 Å². The third-order valence-electron chi connectivity index (χ3n) is 3.77. The van der Waals surface area contributed by atoms with Crippen LogP contribution in [0.3, 0.4) is 0 Å². The lowest BCUT2D eigenvalue weighted by atomic mass is 9.86. The van der Waals surface area contributed by atoms with Gasteiger partial charge in [0, 0.05) is 19.5 Å². The van der Waals surface area contributed by atoms with Gasteiger partial charge in [-0.05, 0) is 25.0 Å². The van der Waals surface area contributed by atoms with Crippen molar-refractivity contribution in [2.24, 2.45) is 5.73 Å². The number of sulfone groups is 1. The number of fused-ring (bicyclic) bond motifs is 1. The molecule has 1 aliphatic heterocycles. The van der Waals surface area contributed by atoms with E-state index in [4.69, 9.17) is 5.73 Å². The topological polar surface area (TPSA) is 72.2 Å². The van der Waals surface area contributed by atoms with Crippen molar-refractivity contribution < 1.29 is 8.42 Å². The van der Waals surface area contributed by atoms with Crippen molar-refractivity contribution in [2.45, 2.75) is 30.2 Å². The average molecular weight is 292 g/mol. The Morgan fingerprint density at radius 2 is 2.15 bits per heavy atom. The zero-order chi connectivity index (χ0) is 14.6. The van der Waals surface area contributed by atoms with E-state index in [1.807, 2.05) is 12.1 Å². The largest absolute Gasteiger partial charge is 0.328 e. The Balaban J connectivity index is 2.36. The summed E-state index contributed by atoms with van der Waals surface area (Å²) < 4.78 is 24.3. The molecule has 1 aromatic rings. The summed E-state index contributed by atoms with van der Waals surface area (Å²) in [6, 6.07) is 7.14. The summed E-state index contributed by atoms with van der Waals surface area (Å²) in [7, 11) is -3.18. The molecule has 0 fully saturated rings. The first kappa shape index (κ1) is 15.0. The molecule has 20 heavy (non-hydrogen) atoms. The van der Waals surface area contributed by atoms with Gasteiger partial charge < -0.3 is 11.1 Å². The number of benzene rings is 1. The van der Waals surface area contributed by atoms with Crippen molar-refractivity contribution in [3.8, 4) is 11.8 Å². The van der Waals surface area contributed by atoms with Crippen LogP contribution >= 0.6 is 0 Å². The molecule has 0 saturated carbocycles. The molecule has 1 unspecified atom stereocenters. The molecule has 0 radical (unpaired) electrons. The lowest BCUT2D eigenvalue weighted by molar-refractivity contribution is 0.321. The van der Waals surface area contributed by atoms with Crippen LogP contribution in [0.5, 0.6) is 0 Å². The van der Waals surface area contributed by atoms with E-state index in [2.05, 4.69) is 17.2 Å². The summed E-state index contributed by atoms with van der Waals surface area (Å²) in [6.07, 6.45) is 1.23. The zero-order valence-electron chi connectivity index (χ0n) is 11.6. The summed E-state index contributed by atoms with van der Waals surface area (Å²) in [6.45, 7) is 2.88. The van der Waals surface area contributed by atoms with Gasteiger partial charge in [-0.15, -0.1) is 11.8 Å². The van der Waals surface area contributed by atoms with Crippen LogP contribution in [0.25, 0.3) is 0 Å². The second-order valence-electron chi connectivity index (χ2n) is 4.95. The molecule has 0 aromatic heterocycles. The standard InChI is InChI=1S/C15H20N2O2S/c1-2-3-6-10-17-15(12-16)9-11-20(18,19)14-8-5-4-7-13(14)15/h4-5,7-8,17H,6,9-12,16H2,1H3. The normalized spacial score (nSPS) is 23.5. The van der Waals surface area contributed by atoms with Crippen molar-refractivity contribution in [3.05, 3.63) is 29.8 Å². The van der Waals surface area contributed by atoms with Gasteiger partial charge in [-0.2, -0.15) is 0 Å². The molecule has 1 atom stereocenters. The van der Waals surface area contributed by atoms with E-state index in [0.717, 1.165) is 12.0 Å². The Kier molecular flexibility index (Phi) is 4.48. The maximum Gasteiger partial charge on any atom is 0.178 e. The van der Waals surface area contributed by atoms with Crippen molar-refractivity contribution in [1.82, 2.24) is 5.32 Å². The minimum atomic E-state index is -3.18. The van der Waals surface area contributed by atoms with E-state index in [1.54, 1.807) is 19.1 Å². The van der Waals surface area contributed by atoms with Crippen LogP contribution < -0.4 is 11.1 Å². The van der Waals surface area contributed by atoms with Gasteiger partial charge in [0.1, 0.15) is 0 Å². The van der Waals surface area contributed by atoms with E-state index in [1.165, 1.54) is 0 Å². The van der Waals surface area contributed by atoms with E-state index < -0.39 is 15.4 Å².